The number of rotatable bonds is 4. The van der Waals surface area contributed by atoms with Crippen molar-refractivity contribution in [2.45, 2.75) is 24.3 Å². The maximum Gasteiger partial charge on any atom is 0.241 e. The minimum absolute atomic E-state index is 0.153. The van der Waals surface area contributed by atoms with Crippen LogP contribution in [0, 0.1) is 0 Å². The van der Waals surface area contributed by atoms with E-state index in [-0.39, 0.29) is 11.4 Å². The van der Waals surface area contributed by atoms with Crippen LogP contribution in [0.3, 0.4) is 0 Å². The molecule has 106 valence electrons. The van der Waals surface area contributed by atoms with Crippen LogP contribution in [-0.4, -0.2) is 15.0 Å². The Morgan fingerprint density at radius 2 is 2.20 bits per heavy atom. The third kappa shape index (κ3) is 2.71. The van der Waals surface area contributed by atoms with Crippen LogP contribution in [0.5, 0.6) is 0 Å². The van der Waals surface area contributed by atoms with Crippen LogP contribution < -0.4 is 10.0 Å². The average molecular weight is 292 g/mol. The highest BCUT2D eigenvalue weighted by molar-refractivity contribution is 7.89. The van der Waals surface area contributed by atoms with Gasteiger partial charge in [0.15, 0.2) is 0 Å². The van der Waals surface area contributed by atoms with Gasteiger partial charge in [0.25, 0.3) is 0 Å². The van der Waals surface area contributed by atoms with Gasteiger partial charge in [-0.05, 0) is 42.7 Å². The maximum atomic E-state index is 12.2. The monoisotopic (exact) mass is 292 g/mol. The Balaban J connectivity index is 1.80. The van der Waals surface area contributed by atoms with Crippen molar-refractivity contribution in [2.24, 2.45) is 0 Å². The highest BCUT2D eigenvalue weighted by Gasteiger charge is 2.17. The van der Waals surface area contributed by atoms with E-state index >= 15 is 0 Å². The predicted molar refractivity (Wildman–Crippen MR) is 76.0 cm³/mol. The van der Waals surface area contributed by atoms with E-state index in [0.717, 1.165) is 25.1 Å². The summed E-state index contributed by atoms with van der Waals surface area (Å²) in [4.78, 5) is 0.275. The zero-order valence-corrected chi connectivity index (χ0v) is 11.7. The van der Waals surface area contributed by atoms with E-state index < -0.39 is 10.0 Å². The first-order valence-electron chi connectivity index (χ1n) is 6.54. The van der Waals surface area contributed by atoms with Crippen LogP contribution in [0.4, 0.5) is 5.69 Å². The fourth-order valence-corrected chi connectivity index (χ4v) is 3.29. The van der Waals surface area contributed by atoms with Crippen molar-refractivity contribution >= 4 is 15.7 Å². The van der Waals surface area contributed by atoms with Gasteiger partial charge >= 0.3 is 0 Å². The molecule has 0 saturated carbocycles. The molecule has 1 aliphatic rings. The summed E-state index contributed by atoms with van der Waals surface area (Å²) in [6.07, 6.45) is 3.59. The van der Waals surface area contributed by atoms with Crippen molar-refractivity contribution in [3.63, 3.8) is 0 Å². The van der Waals surface area contributed by atoms with Gasteiger partial charge in [-0.2, -0.15) is 0 Å². The second kappa shape index (κ2) is 5.30. The number of furan rings is 1. The summed E-state index contributed by atoms with van der Waals surface area (Å²) in [5.74, 6) is 0.588. The van der Waals surface area contributed by atoms with E-state index in [2.05, 4.69) is 10.0 Å². The van der Waals surface area contributed by atoms with Crippen LogP contribution in [0.25, 0.3) is 0 Å². The standard InChI is InChI=1S/C14H16N2O3S/c17-20(18,16-10-12-4-2-8-19-12)13-6-5-11-3-1-7-15-14(11)9-13/h2,4-6,8-9,15-16H,1,3,7,10H2. The second-order valence-electron chi connectivity index (χ2n) is 4.75. The van der Waals surface area contributed by atoms with E-state index in [0.29, 0.717) is 5.76 Å². The first-order chi connectivity index (χ1) is 9.65. The van der Waals surface area contributed by atoms with E-state index in [4.69, 9.17) is 4.42 Å². The molecule has 5 nitrogen and oxygen atoms in total. The number of benzene rings is 1. The summed E-state index contributed by atoms with van der Waals surface area (Å²) >= 11 is 0. The second-order valence-corrected chi connectivity index (χ2v) is 6.52. The smallest absolute Gasteiger partial charge is 0.241 e. The number of hydrogen-bond acceptors (Lipinski definition) is 4. The molecule has 0 spiro atoms. The largest absolute Gasteiger partial charge is 0.468 e. The van der Waals surface area contributed by atoms with Gasteiger partial charge < -0.3 is 9.73 Å². The molecule has 0 amide bonds. The van der Waals surface area contributed by atoms with Gasteiger partial charge in [0, 0.05) is 12.2 Å². The molecule has 1 aliphatic heterocycles. The first kappa shape index (κ1) is 13.2. The molecule has 2 aromatic rings. The average Bonchev–Trinajstić information content (AvgIpc) is 2.98. The zero-order chi connectivity index (χ0) is 14.0. The quantitative estimate of drug-likeness (QED) is 0.905. The van der Waals surface area contributed by atoms with Crippen molar-refractivity contribution < 1.29 is 12.8 Å². The van der Waals surface area contributed by atoms with Crippen LogP contribution in [0.2, 0.25) is 0 Å². The van der Waals surface area contributed by atoms with Crippen molar-refractivity contribution in [2.75, 3.05) is 11.9 Å². The predicted octanol–water partition coefficient (Wildman–Crippen LogP) is 2.12. The van der Waals surface area contributed by atoms with Crippen molar-refractivity contribution in [1.29, 1.82) is 0 Å². The van der Waals surface area contributed by atoms with Gasteiger partial charge in [-0.15, -0.1) is 0 Å². The van der Waals surface area contributed by atoms with Crippen molar-refractivity contribution in [3.05, 3.63) is 47.9 Å². The minimum Gasteiger partial charge on any atom is -0.468 e. The fourth-order valence-electron chi connectivity index (χ4n) is 2.27. The topological polar surface area (TPSA) is 71.3 Å². The molecule has 0 radical (unpaired) electrons. The first-order valence-corrected chi connectivity index (χ1v) is 8.02. The molecule has 0 bridgehead atoms. The van der Waals surface area contributed by atoms with Gasteiger partial charge in [0.2, 0.25) is 10.0 Å². The third-order valence-electron chi connectivity index (χ3n) is 3.35. The van der Waals surface area contributed by atoms with E-state index in [1.165, 1.54) is 11.8 Å². The molecule has 2 N–H and O–H groups in total. The molecular formula is C14H16N2O3S. The molecule has 2 heterocycles. The lowest BCUT2D eigenvalue weighted by Gasteiger charge is -2.18. The Hall–Kier alpha value is -1.79. The normalized spacial score (nSPS) is 14.6. The van der Waals surface area contributed by atoms with E-state index in [9.17, 15) is 8.42 Å². The van der Waals surface area contributed by atoms with Gasteiger partial charge in [-0.25, -0.2) is 13.1 Å². The van der Waals surface area contributed by atoms with Gasteiger partial charge in [-0.1, -0.05) is 6.07 Å². The number of fused-ring (bicyclic) bond motifs is 1. The summed E-state index contributed by atoms with van der Waals surface area (Å²) in [5.41, 5.74) is 2.08. The molecule has 1 aromatic carbocycles. The van der Waals surface area contributed by atoms with Crippen LogP contribution in [0.1, 0.15) is 17.7 Å². The summed E-state index contributed by atoms with van der Waals surface area (Å²) < 4.78 is 32.1. The number of sulfonamides is 1. The molecule has 0 atom stereocenters. The van der Waals surface area contributed by atoms with Crippen molar-refractivity contribution in [3.8, 4) is 0 Å². The lowest BCUT2D eigenvalue weighted by molar-refractivity contribution is 0.498. The number of aryl methyl sites for hydroxylation is 1. The number of hydrogen-bond donors (Lipinski definition) is 2. The van der Waals surface area contributed by atoms with Crippen LogP contribution in [-0.2, 0) is 23.0 Å². The minimum atomic E-state index is -3.52. The summed E-state index contributed by atoms with van der Waals surface area (Å²) in [6, 6.07) is 8.68. The molecule has 0 fully saturated rings. The maximum absolute atomic E-state index is 12.2. The van der Waals surface area contributed by atoms with Crippen LogP contribution >= 0.6 is 0 Å². The van der Waals surface area contributed by atoms with E-state index in [1.54, 1.807) is 24.3 Å². The Labute approximate surface area is 118 Å². The molecule has 3 rings (SSSR count). The van der Waals surface area contributed by atoms with Gasteiger partial charge in [-0.3, -0.25) is 0 Å². The SMILES string of the molecule is O=S(=O)(NCc1ccco1)c1ccc2c(c1)NCCC2. The summed E-state index contributed by atoms with van der Waals surface area (Å²) in [6.45, 7) is 1.04. The zero-order valence-electron chi connectivity index (χ0n) is 10.9. The summed E-state index contributed by atoms with van der Waals surface area (Å²) in [7, 11) is -3.52. The Bertz CT molecular complexity index is 693. The molecule has 1 aromatic heterocycles. The molecule has 6 heteroatoms. The lowest BCUT2D eigenvalue weighted by Crippen LogP contribution is -2.23. The number of nitrogens with one attached hydrogen (secondary N) is 2. The van der Waals surface area contributed by atoms with Crippen LogP contribution in [0.15, 0.2) is 45.9 Å². The molecule has 0 saturated heterocycles. The Kier molecular flexibility index (Phi) is 3.50. The Morgan fingerprint density at radius 3 is 3.00 bits per heavy atom. The fraction of sp³-hybridized carbons (Fsp3) is 0.286. The van der Waals surface area contributed by atoms with Crippen molar-refractivity contribution in [1.82, 2.24) is 4.72 Å². The highest BCUT2D eigenvalue weighted by atomic mass is 32.2. The lowest BCUT2D eigenvalue weighted by atomic mass is 10.0. The number of anilines is 1. The molecule has 20 heavy (non-hydrogen) atoms. The summed E-state index contributed by atoms with van der Waals surface area (Å²) in [5, 5.41) is 3.23. The van der Waals surface area contributed by atoms with Gasteiger partial charge in [0.1, 0.15) is 5.76 Å². The molecule has 0 aliphatic carbocycles. The molecular weight excluding hydrogens is 276 g/mol. The molecule has 0 unspecified atom stereocenters. The van der Waals surface area contributed by atoms with Gasteiger partial charge in [0.05, 0.1) is 17.7 Å². The highest BCUT2D eigenvalue weighted by Crippen LogP contribution is 2.25. The Morgan fingerprint density at radius 1 is 1.30 bits per heavy atom. The van der Waals surface area contributed by atoms with E-state index in [1.807, 2.05) is 6.07 Å². The third-order valence-corrected chi connectivity index (χ3v) is 4.75.